The molecule has 0 radical (unpaired) electrons. The summed E-state index contributed by atoms with van der Waals surface area (Å²) in [5.74, 6) is -1.15. The molecule has 1 aliphatic carbocycles. The van der Waals surface area contributed by atoms with E-state index in [0.717, 1.165) is 21.1 Å². The number of nitrogens with zero attached hydrogens (tertiary/aromatic N) is 2. The summed E-state index contributed by atoms with van der Waals surface area (Å²) in [6.07, 6.45) is -2.74. The SMILES string of the molecule is Cc1nc(C2CCC(C(F)(F)F)CC2)sc1C(Cc1ccccc1)Oc1ccc(-c2noc(=O)[nH]2)c(Cl)c1. The van der Waals surface area contributed by atoms with Gasteiger partial charge in [0.2, 0.25) is 0 Å². The minimum Gasteiger partial charge on any atom is -0.484 e. The van der Waals surface area contributed by atoms with Crippen LogP contribution < -0.4 is 10.5 Å². The fourth-order valence-corrected chi connectivity index (χ4v) is 6.38. The van der Waals surface area contributed by atoms with Crippen LogP contribution in [0.3, 0.4) is 0 Å². The van der Waals surface area contributed by atoms with Crippen LogP contribution in [0, 0.1) is 12.8 Å². The number of aryl methyl sites for hydroxylation is 1. The smallest absolute Gasteiger partial charge is 0.439 e. The first kappa shape index (κ1) is 26.5. The molecule has 0 saturated heterocycles. The molecule has 0 spiro atoms. The molecule has 5 rings (SSSR count). The third kappa shape index (κ3) is 5.96. The lowest BCUT2D eigenvalue weighted by molar-refractivity contribution is -0.182. The van der Waals surface area contributed by atoms with Crippen LogP contribution in [0.25, 0.3) is 11.4 Å². The summed E-state index contributed by atoms with van der Waals surface area (Å²) >= 11 is 7.99. The highest BCUT2D eigenvalue weighted by molar-refractivity contribution is 7.11. The minimum absolute atomic E-state index is 0.0155. The predicted molar refractivity (Wildman–Crippen MR) is 139 cm³/mol. The largest absolute Gasteiger partial charge is 0.484 e. The summed E-state index contributed by atoms with van der Waals surface area (Å²) in [4.78, 5) is 19.5. The Morgan fingerprint density at radius 2 is 1.89 bits per heavy atom. The molecule has 2 aromatic heterocycles. The van der Waals surface area contributed by atoms with Crippen LogP contribution >= 0.6 is 22.9 Å². The van der Waals surface area contributed by atoms with E-state index in [-0.39, 0.29) is 30.7 Å². The van der Waals surface area contributed by atoms with Gasteiger partial charge in [0.25, 0.3) is 0 Å². The first-order chi connectivity index (χ1) is 18.2. The van der Waals surface area contributed by atoms with Crippen molar-refractivity contribution in [3.05, 3.63) is 85.2 Å². The summed E-state index contributed by atoms with van der Waals surface area (Å²) in [7, 11) is 0. The predicted octanol–water partition coefficient (Wildman–Crippen LogP) is 7.65. The molecule has 1 atom stereocenters. The van der Waals surface area contributed by atoms with E-state index >= 15 is 0 Å². The summed E-state index contributed by atoms with van der Waals surface area (Å²) in [5, 5.41) is 4.87. The van der Waals surface area contributed by atoms with Crippen molar-refractivity contribution in [3.63, 3.8) is 0 Å². The highest BCUT2D eigenvalue weighted by Crippen LogP contribution is 2.45. The molecule has 1 fully saturated rings. The highest BCUT2D eigenvalue weighted by atomic mass is 35.5. The van der Waals surface area contributed by atoms with E-state index in [1.54, 1.807) is 18.2 Å². The molecule has 1 saturated carbocycles. The van der Waals surface area contributed by atoms with Crippen LogP contribution in [0.15, 0.2) is 57.8 Å². The number of rotatable bonds is 7. The second-order valence-corrected chi connectivity index (χ2v) is 10.9. The third-order valence-corrected chi connectivity index (χ3v) is 8.58. The molecule has 4 aromatic rings. The van der Waals surface area contributed by atoms with Gasteiger partial charge in [-0.2, -0.15) is 13.2 Å². The van der Waals surface area contributed by atoms with Gasteiger partial charge in [0.1, 0.15) is 11.9 Å². The highest BCUT2D eigenvalue weighted by Gasteiger charge is 2.42. The number of ether oxygens (including phenoxy) is 1. The topological polar surface area (TPSA) is 81.0 Å². The minimum atomic E-state index is -4.14. The average molecular weight is 564 g/mol. The maximum absolute atomic E-state index is 13.1. The van der Waals surface area contributed by atoms with Crippen molar-refractivity contribution < 1.29 is 22.4 Å². The molecule has 1 unspecified atom stereocenters. The Morgan fingerprint density at radius 3 is 2.53 bits per heavy atom. The summed E-state index contributed by atoms with van der Waals surface area (Å²) in [5.41, 5.74) is 2.38. The number of halogens is 4. The van der Waals surface area contributed by atoms with E-state index in [4.69, 9.17) is 21.3 Å². The molecule has 11 heteroatoms. The normalized spacial score (nSPS) is 18.9. The molecule has 2 heterocycles. The molecule has 1 N–H and O–H groups in total. The lowest BCUT2D eigenvalue weighted by Crippen LogP contribution is -2.27. The number of H-pyrrole nitrogens is 1. The second kappa shape index (κ2) is 10.9. The quantitative estimate of drug-likeness (QED) is 0.250. The van der Waals surface area contributed by atoms with Gasteiger partial charge in [-0.15, -0.1) is 11.3 Å². The lowest BCUT2D eigenvalue weighted by atomic mass is 9.82. The van der Waals surface area contributed by atoms with Gasteiger partial charge < -0.3 is 4.74 Å². The zero-order valence-corrected chi connectivity index (χ0v) is 22.0. The van der Waals surface area contributed by atoms with Gasteiger partial charge in [0.15, 0.2) is 5.82 Å². The average Bonchev–Trinajstić information content (AvgIpc) is 3.49. The number of hydrogen-bond acceptors (Lipinski definition) is 6. The Bertz CT molecular complexity index is 1440. The molecule has 0 bridgehead atoms. The van der Waals surface area contributed by atoms with Crippen molar-refractivity contribution in [2.75, 3.05) is 0 Å². The summed E-state index contributed by atoms with van der Waals surface area (Å²) < 4.78 is 50.5. The number of thiazole rings is 1. The van der Waals surface area contributed by atoms with Crippen LogP contribution in [-0.4, -0.2) is 21.3 Å². The van der Waals surface area contributed by atoms with E-state index < -0.39 is 17.9 Å². The molecule has 6 nitrogen and oxygen atoms in total. The fourth-order valence-electron chi connectivity index (χ4n) is 4.86. The first-order valence-electron chi connectivity index (χ1n) is 12.3. The van der Waals surface area contributed by atoms with Crippen LogP contribution in [0.1, 0.15) is 58.8 Å². The fraction of sp³-hybridized carbons (Fsp3) is 0.370. The van der Waals surface area contributed by atoms with E-state index in [0.29, 0.717) is 35.6 Å². The zero-order valence-electron chi connectivity index (χ0n) is 20.4. The Hall–Kier alpha value is -3.11. The number of hydrogen-bond donors (Lipinski definition) is 1. The lowest BCUT2D eigenvalue weighted by Gasteiger charge is -2.28. The van der Waals surface area contributed by atoms with Crippen molar-refractivity contribution in [1.29, 1.82) is 0 Å². The number of benzene rings is 2. The Balaban J connectivity index is 1.40. The van der Waals surface area contributed by atoms with Crippen molar-refractivity contribution in [1.82, 2.24) is 15.1 Å². The second-order valence-electron chi connectivity index (χ2n) is 9.47. The summed E-state index contributed by atoms with van der Waals surface area (Å²) in [6.45, 7) is 1.91. The van der Waals surface area contributed by atoms with E-state index in [1.807, 2.05) is 37.3 Å². The van der Waals surface area contributed by atoms with E-state index in [9.17, 15) is 18.0 Å². The molecule has 0 amide bonds. The maximum Gasteiger partial charge on any atom is 0.439 e. The summed E-state index contributed by atoms with van der Waals surface area (Å²) in [6, 6.07) is 15.0. The Kier molecular flexibility index (Phi) is 7.63. The van der Waals surface area contributed by atoms with Crippen LogP contribution in [0.2, 0.25) is 5.02 Å². The van der Waals surface area contributed by atoms with Crippen molar-refractivity contribution in [3.8, 4) is 17.1 Å². The van der Waals surface area contributed by atoms with Crippen molar-refractivity contribution >= 4 is 22.9 Å². The monoisotopic (exact) mass is 563 g/mol. The van der Waals surface area contributed by atoms with Gasteiger partial charge in [-0.1, -0.05) is 47.1 Å². The van der Waals surface area contributed by atoms with Gasteiger partial charge in [0, 0.05) is 17.9 Å². The molecule has 2 aromatic carbocycles. The van der Waals surface area contributed by atoms with Gasteiger partial charge in [-0.25, -0.2) is 9.78 Å². The van der Waals surface area contributed by atoms with Crippen LogP contribution in [0.4, 0.5) is 13.2 Å². The number of aromatic amines is 1. The Labute approximate surface area is 225 Å². The number of nitrogens with one attached hydrogen (secondary N) is 1. The number of aromatic nitrogens is 3. The van der Waals surface area contributed by atoms with Gasteiger partial charge in [-0.05, 0) is 56.4 Å². The van der Waals surface area contributed by atoms with Crippen molar-refractivity contribution in [2.45, 2.75) is 57.2 Å². The molecular formula is C27H25ClF3N3O3S. The molecule has 1 aliphatic rings. The molecular weight excluding hydrogens is 539 g/mol. The van der Waals surface area contributed by atoms with E-state index in [1.165, 1.54) is 11.3 Å². The molecule has 200 valence electrons. The van der Waals surface area contributed by atoms with Crippen LogP contribution in [-0.2, 0) is 6.42 Å². The van der Waals surface area contributed by atoms with Gasteiger partial charge in [0.05, 0.1) is 26.5 Å². The molecule has 38 heavy (non-hydrogen) atoms. The van der Waals surface area contributed by atoms with Crippen molar-refractivity contribution in [2.24, 2.45) is 5.92 Å². The Morgan fingerprint density at radius 1 is 1.16 bits per heavy atom. The maximum atomic E-state index is 13.1. The standard InChI is InChI=1S/C27H25ClF3N3O3S/c1-15-23(38-25(32-15)17-7-9-18(10-8-17)27(29,30)31)22(13-16-5-3-2-4-6-16)36-19-11-12-20(21(28)14-19)24-33-26(35)37-34-24/h2-6,11-12,14,17-18,22H,7-10,13H2,1H3,(H,33,34,35). The van der Waals surface area contributed by atoms with Gasteiger partial charge in [-0.3, -0.25) is 9.51 Å². The first-order valence-corrected chi connectivity index (χ1v) is 13.5. The molecule has 0 aliphatic heterocycles. The number of alkyl halides is 3. The van der Waals surface area contributed by atoms with Crippen LogP contribution in [0.5, 0.6) is 5.75 Å². The zero-order chi connectivity index (χ0) is 26.9. The van der Waals surface area contributed by atoms with E-state index in [2.05, 4.69) is 14.7 Å². The third-order valence-electron chi connectivity index (χ3n) is 6.86. The van der Waals surface area contributed by atoms with Gasteiger partial charge >= 0.3 is 11.9 Å².